The van der Waals surface area contributed by atoms with E-state index in [1.54, 1.807) is 16.3 Å². The lowest BCUT2D eigenvalue weighted by molar-refractivity contribution is 1.02. The highest BCUT2D eigenvalue weighted by Crippen LogP contribution is 2.61. The molecule has 0 N–H and O–H groups in total. The average molecular weight is 285 g/mol. The van der Waals surface area contributed by atoms with Crippen molar-refractivity contribution in [3.63, 3.8) is 0 Å². The van der Waals surface area contributed by atoms with E-state index in [2.05, 4.69) is 73.8 Å². The first-order chi connectivity index (χ1) is 10.2. The number of hydrogen-bond donors (Lipinski definition) is 0. The standard InChI is InChI=1S/C20H17Si/c1-21(2)18-12-11-17(20(18)21)19-15-9-5-3-7-13(15)14-8-4-6-10-16(14)19/h3-12,19H,1-2H3. The first-order valence-corrected chi connectivity index (χ1v) is 10.7. The van der Waals surface area contributed by atoms with Crippen LogP contribution < -0.4 is 0 Å². The molecule has 0 amide bonds. The van der Waals surface area contributed by atoms with Crippen molar-refractivity contribution in [2.24, 2.45) is 0 Å². The fourth-order valence-corrected chi connectivity index (χ4v) is 7.72. The summed E-state index contributed by atoms with van der Waals surface area (Å²) in [5, 5.41) is 1.72. The second-order valence-electron chi connectivity index (χ2n) is 6.81. The van der Waals surface area contributed by atoms with Gasteiger partial charge in [-0.15, -0.1) is 0 Å². The summed E-state index contributed by atoms with van der Waals surface area (Å²) < 4.78 is 0. The molecule has 1 saturated heterocycles. The average Bonchev–Trinajstić information content (AvgIpc) is 2.87. The van der Waals surface area contributed by atoms with Crippen molar-refractivity contribution in [1.82, 2.24) is 0 Å². The predicted octanol–water partition coefficient (Wildman–Crippen LogP) is 5.04. The smallest absolute Gasteiger partial charge is 0.0758 e. The third-order valence-corrected chi connectivity index (χ3v) is 8.69. The van der Waals surface area contributed by atoms with Crippen molar-refractivity contribution in [2.75, 3.05) is 0 Å². The molecular formula is C20H17Si. The van der Waals surface area contributed by atoms with E-state index in [-0.39, 0.29) is 0 Å². The normalized spacial score (nSPS) is 21.4. The second-order valence-corrected chi connectivity index (χ2v) is 11.1. The largest absolute Gasteiger partial charge is 0.0918 e. The minimum absolute atomic E-state index is 0.454. The van der Waals surface area contributed by atoms with Crippen LogP contribution in [0.25, 0.3) is 11.1 Å². The number of allylic oxidation sites excluding steroid dienone is 4. The van der Waals surface area contributed by atoms with Crippen LogP contribution in [0.1, 0.15) is 17.0 Å². The van der Waals surface area contributed by atoms with Crippen LogP contribution in [0.5, 0.6) is 0 Å². The number of rotatable bonds is 1. The molecule has 5 rings (SSSR count). The molecule has 1 heterocycles. The Morgan fingerprint density at radius 1 is 0.762 bits per heavy atom. The third kappa shape index (κ3) is 1.35. The van der Waals surface area contributed by atoms with Gasteiger partial charge in [0.25, 0.3) is 0 Å². The first kappa shape index (κ1) is 11.8. The molecule has 2 aromatic rings. The van der Waals surface area contributed by atoms with E-state index in [1.807, 2.05) is 0 Å². The minimum Gasteiger partial charge on any atom is -0.0758 e. The van der Waals surface area contributed by atoms with Gasteiger partial charge in [0, 0.05) is 11.5 Å². The molecule has 0 unspecified atom stereocenters. The van der Waals surface area contributed by atoms with Crippen LogP contribution in [-0.4, -0.2) is 8.07 Å². The molecule has 2 aliphatic carbocycles. The maximum Gasteiger partial charge on any atom is 0.0918 e. The molecule has 1 fully saturated rings. The molecule has 1 radical (unpaired) electrons. The summed E-state index contributed by atoms with van der Waals surface area (Å²) in [5.41, 5.74) is 9.09. The van der Waals surface area contributed by atoms with Gasteiger partial charge in [0.05, 0.1) is 8.07 Å². The first-order valence-electron chi connectivity index (χ1n) is 7.68. The molecule has 0 spiro atoms. The molecule has 3 aliphatic rings. The summed E-state index contributed by atoms with van der Waals surface area (Å²) in [6.45, 7) is 4.96. The summed E-state index contributed by atoms with van der Waals surface area (Å²) in [7, 11) is -1.17. The van der Waals surface area contributed by atoms with Crippen LogP contribution in [0.2, 0.25) is 13.1 Å². The van der Waals surface area contributed by atoms with Crippen molar-refractivity contribution < 1.29 is 0 Å². The van der Waals surface area contributed by atoms with E-state index in [4.69, 9.17) is 0 Å². The van der Waals surface area contributed by atoms with Gasteiger partial charge in [-0.05, 0) is 27.8 Å². The lowest BCUT2D eigenvalue weighted by Crippen LogP contribution is -2.08. The Morgan fingerprint density at radius 2 is 1.33 bits per heavy atom. The van der Waals surface area contributed by atoms with Gasteiger partial charge in [0.1, 0.15) is 0 Å². The zero-order valence-corrected chi connectivity index (χ0v) is 13.4. The van der Waals surface area contributed by atoms with E-state index < -0.39 is 8.07 Å². The Kier molecular flexibility index (Phi) is 2.05. The lowest BCUT2D eigenvalue weighted by atomic mass is 9.90. The van der Waals surface area contributed by atoms with Gasteiger partial charge in [0.2, 0.25) is 0 Å². The maximum atomic E-state index is 2.48. The maximum absolute atomic E-state index is 2.48. The SMILES string of the molecule is C[Si]1(C)[C]2C=CC(C3c4ccccc4-c4ccccc43)=C21. The lowest BCUT2D eigenvalue weighted by Gasteiger charge is -2.16. The molecule has 101 valence electrons. The van der Waals surface area contributed by atoms with Crippen LogP contribution in [0.4, 0.5) is 0 Å². The minimum atomic E-state index is -1.17. The van der Waals surface area contributed by atoms with Crippen molar-refractivity contribution in [3.05, 3.63) is 88.1 Å². The molecule has 0 saturated carbocycles. The molecular weight excluding hydrogens is 268 g/mol. The van der Waals surface area contributed by atoms with Crippen molar-refractivity contribution in [3.8, 4) is 11.1 Å². The van der Waals surface area contributed by atoms with Gasteiger partial charge in [-0.25, -0.2) is 0 Å². The number of benzene rings is 2. The summed E-state index contributed by atoms with van der Waals surface area (Å²) in [6, 6.07) is 17.9. The predicted molar refractivity (Wildman–Crippen MR) is 90.6 cm³/mol. The van der Waals surface area contributed by atoms with Crippen LogP contribution >= 0.6 is 0 Å². The van der Waals surface area contributed by atoms with Gasteiger partial charge >= 0.3 is 0 Å². The molecule has 0 atom stereocenters. The summed E-state index contributed by atoms with van der Waals surface area (Å²) >= 11 is 0. The topological polar surface area (TPSA) is 0 Å². The van der Waals surface area contributed by atoms with Gasteiger partial charge in [-0.1, -0.05) is 79.0 Å². The molecule has 1 aliphatic heterocycles. The highest BCUT2D eigenvalue weighted by atomic mass is 28.3. The molecule has 21 heavy (non-hydrogen) atoms. The molecule has 1 heteroatoms. The van der Waals surface area contributed by atoms with Crippen LogP contribution in [0.15, 0.2) is 71.5 Å². The van der Waals surface area contributed by atoms with E-state index in [1.165, 1.54) is 22.3 Å². The quantitative estimate of drug-likeness (QED) is 0.644. The van der Waals surface area contributed by atoms with Gasteiger partial charge in [-0.2, -0.15) is 0 Å². The Balaban J connectivity index is 1.79. The van der Waals surface area contributed by atoms with Crippen LogP contribution in [0.3, 0.4) is 0 Å². The molecule has 0 nitrogen and oxygen atoms in total. The highest BCUT2D eigenvalue weighted by molar-refractivity contribution is 7.04. The van der Waals surface area contributed by atoms with Crippen LogP contribution in [-0.2, 0) is 0 Å². The fourth-order valence-electron chi connectivity index (χ4n) is 4.29. The summed E-state index contributed by atoms with van der Waals surface area (Å²) in [5.74, 6) is 0.454. The van der Waals surface area contributed by atoms with Gasteiger partial charge in [0.15, 0.2) is 0 Å². The highest BCUT2D eigenvalue weighted by Gasteiger charge is 2.57. The van der Waals surface area contributed by atoms with Crippen molar-refractivity contribution >= 4 is 8.07 Å². The van der Waals surface area contributed by atoms with E-state index in [0.717, 1.165) is 0 Å². The van der Waals surface area contributed by atoms with Gasteiger partial charge < -0.3 is 0 Å². The Morgan fingerprint density at radius 3 is 1.86 bits per heavy atom. The third-order valence-electron chi connectivity index (χ3n) is 5.37. The number of fused-ring (bicyclic) bond motifs is 4. The van der Waals surface area contributed by atoms with Crippen molar-refractivity contribution in [1.29, 1.82) is 0 Å². The summed E-state index contributed by atoms with van der Waals surface area (Å²) in [4.78, 5) is 0. The monoisotopic (exact) mass is 285 g/mol. The fraction of sp³-hybridized carbons (Fsp3) is 0.150. The second kappa shape index (κ2) is 3.66. The summed E-state index contributed by atoms with van der Waals surface area (Å²) in [6.07, 6.45) is 4.77. The van der Waals surface area contributed by atoms with E-state index in [9.17, 15) is 0 Å². The Bertz CT molecular complexity index is 793. The van der Waals surface area contributed by atoms with Crippen LogP contribution in [0, 0.1) is 5.54 Å². The number of hydrogen-bond acceptors (Lipinski definition) is 0. The Labute approximate surface area is 126 Å². The molecule has 0 aromatic heterocycles. The molecule has 0 bridgehead atoms. The van der Waals surface area contributed by atoms with E-state index in [0.29, 0.717) is 5.92 Å². The Hall–Kier alpha value is -1.86. The molecule has 2 aromatic carbocycles. The van der Waals surface area contributed by atoms with Gasteiger partial charge in [-0.3, -0.25) is 0 Å². The zero-order valence-electron chi connectivity index (χ0n) is 12.4. The van der Waals surface area contributed by atoms with E-state index >= 15 is 0 Å². The zero-order chi connectivity index (χ0) is 14.2. The van der Waals surface area contributed by atoms with Crippen molar-refractivity contribution in [2.45, 2.75) is 19.0 Å².